The number of methoxy groups -OCH3 is 1. The molecule has 8 heteroatoms. The highest BCUT2D eigenvalue weighted by Gasteiger charge is 2.25. The Hall–Kier alpha value is -2.61. The zero-order chi connectivity index (χ0) is 21.9. The van der Waals surface area contributed by atoms with Crippen LogP contribution in [0.2, 0.25) is 0 Å². The first-order valence-corrected chi connectivity index (χ1v) is 11.5. The van der Waals surface area contributed by atoms with Crippen LogP contribution in [0.4, 0.5) is 0 Å². The number of aliphatic imine (C=N–C) groups is 1. The van der Waals surface area contributed by atoms with Crippen molar-refractivity contribution in [3.8, 4) is 5.75 Å². The normalized spacial score (nSPS) is 15.8. The molecule has 1 unspecified atom stereocenters. The van der Waals surface area contributed by atoms with E-state index in [9.17, 15) is 0 Å². The van der Waals surface area contributed by atoms with E-state index in [1.807, 2.05) is 12.1 Å². The lowest BCUT2D eigenvalue weighted by Crippen LogP contribution is -2.40. The lowest BCUT2D eigenvalue weighted by Gasteiger charge is -2.28. The number of aryl methyl sites for hydroxylation is 1. The molecule has 0 radical (unpaired) electrons. The fourth-order valence-electron chi connectivity index (χ4n) is 4.04. The molecule has 2 N–H and O–H groups in total. The summed E-state index contributed by atoms with van der Waals surface area (Å²) in [7, 11) is 1.74. The van der Waals surface area contributed by atoms with E-state index in [0.29, 0.717) is 6.54 Å². The molecular formula is C23H37N7O. The van der Waals surface area contributed by atoms with Crippen LogP contribution in [0.3, 0.4) is 0 Å². The van der Waals surface area contributed by atoms with Crippen LogP contribution in [0.5, 0.6) is 5.75 Å². The number of aromatic nitrogens is 3. The Morgan fingerprint density at radius 1 is 1.16 bits per heavy atom. The topological polar surface area (TPSA) is 79.6 Å². The number of benzene rings is 1. The van der Waals surface area contributed by atoms with Gasteiger partial charge in [-0.1, -0.05) is 32.0 Å². The zero-order valence-corrected chi connectivity index (χ0v) is 19.2. The SMILES string of the molecule is CCCNC(=NCC(c1ccccc1OC)N1CCCC1)NCCn1cnnc1CC. The van der Waals surface area contributed by atoms with Crippen LogP contribution in [0.1, 0.15) is 50.5 Å². The molecule has 1 atom stereocenters. The maximum absolute atomic E-state index is 5.66. The summed E-state index contributed by atoms with van der Waals surface area (Å²) in [5.74, 6) is 2.80. The minimum atomic E-state index is 0.211. The van der Waals surface area contributed by atoms with E-state index in [2.05, 4.69) is 56.3 Å². The Morgan fingerprint density at radius 3 is 2.68 bits per heavy atom. The number of ether oxygens (including phenoxy) is 1. The highest BCUT2D eigenvalue weighted by atomic mass is 16.5. The van der Waals surface area contributed by atoms with Gasteiger partial charge in [0.2, 0.25) is 0 Å². The van der Waals surface area contributed by atoms with Crippen LogP contribution in [0.25, 0.3) is 0 Å². The second-order valence-electron chi connectivity index (χ2n) is 7.84. The second-order valence-corrected chi connectivity index (χ2v) is 7.84. The number of nitrogens with one attached hydrogen (secondary N) is 2. The summed E-state index contributed by atoms with van der Waals surface area (Å²) < 4.78 is 7.75. The minimum Gasteiger partial charge on any atom is -0.496 e. The van der Waals surface area contributed by atoms with Crippen molar-refractivity contribution in [1.29, 1.82) is 0 Å². The molecule has 0 bridgehead atoms. The third-order valence-corrected chi connectivity index (χ3v) is 5.70. The van der Waals surface area contributed by atoms with E-state index in [-0.39, 0.29) is 6.04 Å². The van der Waals surface area contributed by atoms with Crippen LogP contribution in [-0.4, -0.2) is 65.5 Å². The largest absolute Gasteiger partial charge is 0.496 e. The van der Waals surface area contributed by atoms with Crippen LogP contribution in [-0.2, 0) is 13.0 Å². The monoisotopic (exact) mass is 427 g/mol. The summed E-state index contributed by atoms with van der Waals surface area (Å²) in [6, 6.07) is 8.54. The van der Waals surface area contributed by atoms with E-state index in [1.165, 1.54) is 18.4 Å². The van der Waals surface area contributed by atoms with Gasteiger partial charge in [0.15, 0.2) is 5.96 Å². The van der Waals surface area contributed by atoms with Gasteiger partial charge in [0, 0.05) is 31.6 Å². The molecule has 0 spiro atoms. The van der Waals surface area contributed by atoms with Gasteiger partial charge < -0.3 is 19.9 Å². The molecule has 0 aliphatic carbocycles. The maximum Gasteiger partial charge on any atom is 0.191 e. The predicted molar refractivity (Wildman–Crippen MR) is 125 cm³/mol. The molecule has 1 aliphatic heterocycles. The van der Waals surface area contributed by atoms with Gasteiger partial charge >= 0.3 is 0 Å². The molecular weight excluding hydrogens is 390 g/mol. The summed E-state index contributed by atoms with van der Waals surface area (Å²) in [6.07, 6.45) is 6.21. The van der Waals surface area contributed by atoms with Crippen molar-refractivity contribution < 1.29 is 4.74 Å². The molecule has 1 aliphatic rings. The summed E-state index contributed by atoms with van der Waals surface area (Å²) in [5.41, 5.74) is 1.21. The Balaban J connectivity index is 1.70. The van der Waals surface area contributed by atoms with Gasteiger partial charge in [-0.2, -0.15) is 0 Å². The van der Waals surface area contributed by atoms with Crippen molar-refractivity contribution in [1.82, 2.24) is 30.3 Å². The van der Waals surface area contributed by atoms with E-state index < -0.39 is 0 Å². The smallest absolute Gasteiger partial charge is 0.191 e. The fraction of sp³-hybridized carbons (Fsp3) is 0.609. The Labute approximate surface area is 186 Å². The molecule has 1 saturated heterocycles. The van der Waals surface area contributed by atoms with Crippen LogP contribution in [0, 0.1) is 0 Å². The van der Waals surface area contributed by atoms with Crippen molar-refractivity contribution in [3.63, 3.8) is 0 Å². The number of nitrogens with zero attached hydrogens (tertiary/aromatic N) is 5. The van der Waals surface area contributed by atoms with Gasteiger partial charge in [-0.3, -0.25) is 9.89 Å². The van der Waals surface area contributed by atoms with Crippen molar-refractivity contribution >= 4 is 5.96 Å². The van der Waals surface area contributed by atoms with Crippen LogP contribution >= 0.6 is 0 Å². The fourth-order valence-corrected chi connectivity index (χ4v) is 4.04. The van der Waals surface area contributed by atoms with Crippen LogP contribution < -0.4 is 15.4 Å². The van der Waals surface area contributed by atoms with E-state index >= 15 is 0 Å². The van der Waals surface area contributed by atoms with E-state index in [1.54, 1.807) is 13.4 Å². The average molecular weight is 428 g/mol. The number of hydrogen-bond donors (Lipinski definition) is 2. The van der Waals surface area contributed by atoms with E-state index in [4.69, 9.17) is 9.73 Å². The number of guanidine groups is 1. The molecule has 3 rings (SSSR count). The lowest BCUT2D eigenvalue weighted by atomic mass is 10.0. The Bertz CT molecular complexity index is 814. The lowest BCUT2D eigenvalue weighted by molar-refractivity contribution is 0.245. The van der Waals surface area contributed by atoms with Gasteiger partial charge in [-0.25, -0.2) is 0 Å². The minimum absolute atomic E-state index is 0.211. The van der Waals surface area contributed by atoms with Gasteiger partial charge in [0.05, 0.1) is 19.7 Å². The van der Waals surface area contributed by atoms with E-state index in [0.717, 1.165) is 63.1 Å². The summed E-state index contributed by atoms with van der Waals surface area (Å²) in [5, 5.41) is 15.1. The highest BCUT2D eigenvalue weighted by molar-refractivity contribution is 5.79. The number of likely N-dealkylation sites (tertiary alicyclic amines) is 1. The third kappa shape index (κ3) is 6.43. The first kappa shape index (κ1) is 23.1. The molecule has 2 aromatic rings. The van der Waals surface area contributed by atoms with Gasteiger partial charge in [-0.15, -0.1) is 10.2 Å². The average Bonchev–Trinajstić information content (AvgIpc) is 3.49. The van der Waals surface area contributed by atoms with Crippen molar-refractivity contribution in [2.24, 2.45) is 4.99 Å². The molecule has 170 valence electrons. The highest BCUT2D eigenvalue weighted by Crippen LogP contribution is 2.31. The molecule has 1 aromatic heterocycles. The molecule has 2 heterocycles. The number of para-hydroxylation sites is 1. The van der Waals surface area contributed by atoms with Gasteiger partial charge in [0.1, 0.15) is 17.9 Å². The Morgan fingerprint density at radius 2 is 1.94 bits per heavy atom. The Kier molecular flexibility index (Phi) is 9.15. The molecule has 0 amide bonds. The first-order valence-electron chi connectivity index (χ1n) is 11.5. The van der Waals surface area contributed by atoms with Crippen molar-refractivity contribution in [2.75, 3.05) is 39.8 Å². The summed E-state index contributed by atoms with van der Waals surface area (Å²) in [4.78, 5) is 7.51. The van der Waals surface area contributed by atoms with Crippen molar-refractivity contribution in [3.05, 3.63) is 42.0 Å². The number of hydrogen-bond acceptors (Lipinski definition) is 5. The molecule has 0 saturated carbocycles. The van der Waals surface area contributed by atoms with Crippen molar-refractivity contribution in [2.45, 2.75) is 52.1 Å². The first-order chi connectivity index (χ1) is 15.3. The molecule has 31 heavy (non-hydrogen) atoms. The summed E-state index contributed by atoms with van der Waals surface area (Å²) >= 11 is 0. The quantitative estimate of drug-likeness (QED) is 0.424. The third-order valence-electron chi connectivity index (χ3n) is 5.70. The van der Waals surface area contributed by atoms with Crippen LogP contribution in [0.15, 0.2) is 35.6 Å². The van der Waals surface area contributed by atoms with Gasteiger partial charge in [-0.05, 0) is 38.4 Å². The van der Waals surface area contributed by atoms with Gasteiger partial charge in [0.25, 0.3) is 0 Å². The summed E-state index contributed by atoms with van der Waals surface area (Å²) in [6.45, 7) is 9.63. The number of rotatable bonds is 11. The maximum atomic E-state index is 5.66. The predicted octanol–water partition coefficient (Wildman–Crippen LogP) is 2.63. The standard InChI is InChI=1S/C23H37N7O/c1-4-12-24-23(25-13-16-30-18-27-28-22(30)5-2)26-17-20(29-14-8-9-15-29)19-10-6-7-11-21(19)31-3/h6-7,10-11,18,20H,4-5,8-9,12-17H2,1-3H3,(H2,24,25,26). The molecule has 8 nitrogen and oxygen atoms in total. The molecule has 1 aromatic carbocycles. The zero-order valence-electron chi connectivity index (χ0n) is 19.2. The second kappa shape index (κ2) is 12.3. The molecule has 1 fully saturated rings.